The standard InChI is InChI=1S/C16H18Cl2N2/c1-11-3-4-13(9-12(11)2)19-7-8-20-14-5-6-15(17)16(18)10-14/h3-6,9-10,19-20H,7-8H2,1-2H3. The van der Waals surface area contributed by atoms with Gasteiger partial charge in [-0.05, 0) is 55.3 Å². The van der Waals surface area contributed by atoms with Crippen LogP contribution in [0, 0.1) is 13.8 Å². The van der Waals surface area contributed by atoms with E-state index in [4.69, 9.17) is 23.2 Å². The Morgan fingerprint density at radius 3 is 1.95 bits per heavy atom. The molecule has 0 spiro atoms. The number of benzene rings is 2. The first-order valence-electron chi connectivity index (χ1n) is 6.56. The predicted octanol–water partition coefficient (Wildman–Crippen LogP) is 5.13. The lowest BCUT2D eigenvalue weighted by atomic mass is 10.1. The number of aryl methyl sites for hydroxylation is 2. The first kappa shape index (κ1) is 15.0. The van der Waals surface area contributed by atoms with Crippen molar-refractivity contribution >= 4 is 34.6 Å². The van der Waals surface area contributed by atoms with Crippen molar-refractivity contribution in [3.63, 3.8) is 0 Å². The molecule has 0 aliphatic heterocycles. The van der Waals surface area contributed by atoms with E-state index in [0.29, 0.717) is 10.0 Å². The average molecular weight is 309 g/mol. The summed E-state index contributed by atoms with van der Waals surface area (Å²) in [6.07, 6.45) is 0. The van der Waals surface area contributed by atoms with Crippen LogP contribution in [-0.2, 0) is 0 Å². The first-order chi connectivity index (χ1) is 9.56. The molecule has 0 bridgehead atoms. The monoisotopic (exact) mass is 308 g/mol. The maximum atomic E-state index is 5.97. The fourth-order valence-corrected chi connectivity index (χ4v) is 2.17. The van der Waals surface area contributed by atoms with Gasteiger partial charge in [-0.2, -0.15) is 0 Å². The molecule has 0 saturated heterocycles. The van der Waals surface area contributed by atoms with Crippen LogP contribution in [0.1, 0.15) is 11.1 Å². The zero-order chi connectivity index (χ0) is 14.5. The van der Waals surface area contributed by atoms with Crippen molar-refractivity contribution in [3.05, 3.63) is 57.6 Å². The van der Waals surface area contributed by atoms with Crippen LogP contribution in [0.3, 0.4) is 0 Å². The van der Waals surface area contributed by atoms with E-state index in [2.05, 4.69) is 42.7 Å². The molecule has 0 unspecified atom stereocenters. The Hall–Kier alpha value is -1.38. The van der Waals surface area contributed by atoms with E-state index in [1.807, 2.05) is 12.1 Å². The van der Waals surface area contributed by atoms with E-state index >= 15 is 0 Å². The van der Waals surface area contributed by atoms with Crippen molar-refractivity contribution in [1.29, 1.82) is 0 Å². The average Bonchev–Trinajstić information content (AvgIpc) is 2.42. The van der Waals surface area contributed by atoms with Gasteiger partial charge in [0.15, 0.2) is 0 Å². The molecule has 20 heavy (non-hydrogen) atoms. The van der Waals surface area contributed by atoms with Crippen molar-refractivity contribution in [2.75, 3.05) is 23.7 Å². The lowest BCUT2D eigenvalue weighted by Gasteiger charge is -2.11. The van der Waals surface area contributed by atoms with Crippen LogP contribution in [-0.4, -0.2) is 13.1 Å². The highest BCUT2D eigenvalue weighted by Crippen LogP contribution is 2.24. The second kappa shape index (κ2) is 6.87. The van der Waals surface area contributed by atoms with Gasteiger partial charge in [0.2, 0.25) is 0 Å². The molecular weight excluding hydrogens is 291 g/mol. The molecule has 0 heterocycles. The molecule has 106 valence electrons. The van der Waals surface area contributed by atoms with Crippen LogP contribution in [0.5, 0.6) is 0 Å². The Morgan fingerprint density at radius 1 is 0.750 bits per heavy atom. The molecule has 2 aromatic carbocycles. The molecule has 0 atom stereocenters. The van der Waals surface area contributed by atoms with Crippen molar-refractivity contribution in [1.82, 2.24) is 0 Å². The summed E-state index contributed by atoms with van der Waals surface area (Å²) in [5, 5.41) is 7.83. The summed E-state index contributed by atoms with van der Waals surface area (Å²) < 4.78 is 0. The Bertz CT molecular complexity index is 544. The highest BCUT2D eigenvalue weighted by atomic mass is 35.5. The number of halogens is 2. The van der Waals surface area contributed by atoms with Gasteiger partial charge in [-0.3, -0.25) is 0 Å². The minimum atomic E-state index is 0.568. The Labute approximate surface area is 130 Å². The summed E-state index contributed by atoms with van der Waals surface area (Å²) in [5.41, 5.74) is 4.72. The van der Waals surface area contributed by atoms with E-state index in [1.54, 1.807) is 6.07 Å². The van der Waals surface area contributed by atoms with Gasteiger partial charge < -0.3 is 10.6 Å². The maximum absolute atomic E-state index is 5.97. The third kappa shape index (κ3) is 4.06. The lowest BCUT2D eigenvalue weighted by Crippen LogP contribution is -2.13. The first-order valence-corrected chi connectivity index (χ1v) is 7.32. The molecule has 0 aliphatic carbocycles. The molecule has 2 aromatic rings. The number of anilines is 2. The topological polar surface area (TPSA) is 24.1 Å². The van der Waals surface area contributed by atoms with Gasteiger partial charge >= 0.3 is 0 Å². The van der Waals surface area contributed by atoms with Gasteiger partial charge in [-0.15, -0.1) is 0 Å². The summed E-state index contributed by atoms with van der Waals surface area (Å²) in [6, 6.07) is 11.9. The number of rotatable bonds is 5. The zero-order valence-electron chi connectivity index (χ0n) is 11.6. The van der Waals surface area contributed by atoms with Crippen molar-refractivity contribution in [2.24, 2.45) is 0 Å². The van der Waals surface area contributed by atoms with E-state index in [0.717, 1.165) is 24.5 Å². The molecule has 2 nitrogen and oxygen atoms in total. The quantitative estimate of drug-likeness (QED) is 0.748. The Morgan fingerprint density at radius 2 is 1.35 bits per heavy atom. The van der Waals surface area contributed by atoms with Crippen LogP contribution in [0.25, 0.3) is 0 Å². The van der Waals surface area contributed by atoms with Gasteiger partial charge in [0.25, 0.3) is 0 Å². The van der Waals surface area contributed by atoms with E-state index in [-0.39, 0.29) is 0 Å². The van der Waals surface area contributed by atoms with Gasteiger partial charge in [0.05, 0.1) is 10.0 Å². The molecule has 2 rings (SSSR count). The van der Waals surface area contributed by atoms with Crippen LogP contribution < -0.4 is 10.6 Å². The minimum absolute atomic E-state index is 0.568. The third-order valence-corrected chi connectivity index (χ3v) is 3.95. The molecule has 4 heteroatoms. The minimum Gasteiger partial charge on any atom is -0.383 e. The summed E-state index contributed by atoms with van der Waals surface area (Å²) in [4.78, 5) is 0. The van der Waals surface area contributed by atoms with Crippen molar-refractivity contribution < 1.29 is 0 Å². The van der Waals surface area contributed by atoms with Crippen LogP contribution in [0.15, 0.2) is 36.4 Å². The fraction of sp³-hybridized carbons (Fsp3) is 0.250. The van der Waals surface area contributed by atoms with Gasteiger partial charge in [0, 0.05) is 24.5 Å². The molecule has 0 aromatic heterocycles. The molecule has 2 N–H and O–H groups in total. The summed E-state index contributed by atoms with van der Waals surface area (Å²) in [6.45, 7) is 5.88. The van der Waals surface area contributed by atoms with E-state index < -0.39 is 0 Å². The highest BCUT2D eigenvalue weighted by Gasteiger charge is 1.99. The molecule has 0 fully saturated rings. The van der Waals surface area contributed by atoms with Crippen LogP contribution >= 0.6 is 23.2 Å². The zero-order valence-corrected chi connectivity index (χ0v) is 13.1. The Balaban J connectivity index is 1.81. The molecule has 0 aliphatic rings. The summed E-state index contributed by atoms with van der Waals surface area (Å²) >= 11 is 11.8. The predicted molar refractivity (Wildman–Crippen MR) is 89.4 cm³/mol. The van der Waals surface area contributed by atoms with E-state index in [1.165, 1.54) is 11.1 Å². The maximum Gasteiger partial charge on any atom is 0.0612 e. The van der Waals surface area contributed by atoms with Gasteiger partial charge in [-0.1, -0.05) is 29.3 Å². The van der Waals surface area contributed by atoms with E-state index in [9.17, 15) is 0 Å². The van der Waals surface area contributed by atoms with Gasteiger partial charge in [-0.25, -0.2) is 0 Å². The highest BCUT2D eigenvalue weighted by molar-refractivity contribution is 6.42. The summed E-state index contributed by atoms with van der Waals surface area (Å²) in [7, 11) is 0. The normalized spacial score (nSPS) is 10.4. The van der Waals surface area contributed by atoms with Crippen molar-refractivity contribution in [3.8, 4) is 0 Å². The second-order valence-corrected chi connectivity index (χ2v) is 5.60. The third-order valence-electron chi connectivity index (χ3n) is 3.21. The Kier molecular flexibility index (Phi) is 5.16. The van der Waals surface area contributed by atoms with Crippen molar-refractivity contribution in [2.45, 2.75) is 13.8 Å². The van der Waals surface area contributed by atoms with Gasteiger partial charge in [0.1, 0.15) is 0 Å². The molecule has 0 saturated carbocycles. The lowest BCUT2D eigenvalue weighted by molar-refractivity contribution is 1.08. The molecular formula is C16H18Cl2N2. The molecule has 0 amide bonds. The smallest absolute Gasteiger partial charge is 0.0612 e. The number of hydrogen-bond acceptors (Lipinski definition) is 2. The number of hydrogen-bond donors (Lipinski definition) is 2. The SMILES string of the molecule is Cc1ccc(NCCNc2ccc(Cl)c(Cl)c2)cc1C. The van der Waals surface area contributed by atoms with Crippen LogP contribution in [0.4, 0.5) is 11.4 Å². The second-order valence-electron chi connectivity index (χ2n) is 4.78. The molecule has 0 radical (unpaired) electrons. The fourth-order valence-electron chi connectivity index (χ4n) is 1.87. The number of nitrogens with one attached hydrogen (secondary N) is 2. The summed E-state index contributed by atoms with van der Waals surface area (Å²) in [5.74, 6) is 0. The largest absolute Gasteiger partial charge is 0.383 e. The van der Waals surface area contributed by atoms with Crippen LogP contribution in [0.2, 0.25) is 10.0 Å².